The van der Waals surface area contributed by atoms with Gasteiger partial charge >= 0.3 is 0 Å². The third kappa shape index (κ3) is 7.77. The minimum Gasteiger partial charge on any atom is -0.491 e. The summed E-state index contributed by atoms with van der Waals surface area (Å²) in [4.78, 5) is 12.2. The van der Waals surface area contributed by atoms with E-state index in [9.17, 15) is 13.2 Å². The molecule has 6 nitrogen and oxygen atoms in total. The lowest BCUT2D eigenvalue weighted by Crippen LogP contribution is -2.37. The number of rotatable bonds is 10. The Hall–Kier alpha value is -2.54. The monoisotopic (exact) mass is 418 g/mol. The van der Waals surface area contributed by atoms with Crippen LogP contribution in [0.3, 0.4) is 0 Å². The fraction of sp³-hybridized carbons (Fsp3) is 0.409. The van der Waals surface area contributed by atoms with Gasteiger partial charge in [-0.3, -0.25) is 9.10 Å². The topological polar surface area (TPSA) is 75.7 Å². The first-order chi connectivity index (χ1) is 13.6. The Morgan fingerprint density at radius 2 is 1.79 bits per heavy atom. The second-order valence-electron chi connectivity index (χ2n) is 7.37. The van der Waals surface area contributed by atoms with Crippen LogP contribution in [0.25, 0.3) is 0 Å². The molecule has 7 heteroatoms. The Labute approximate surface area is 173 Å². The molecule has 0 radical (unpaired) electrons. The maximum Gasteiger partial charge on any atom is 0.232 e. The summed E-state index contributed by atoms with van der Waals surface area (Å²) in [5.41, 5.74) is 2.76. The predicted octanol–water partition coefficient (Wildman–Crippen LogP) is 3.43. The molecule has 2 rings (SSSR count). The molecule has 0 saturated carbocycles. The molecule has 0 fully saturated rings. The Morgan fingerprint density at radius 1 is 1.10 bits per heavy atom. The number of nitrogens with zero attached hydrogens (tertiary/aromatic N) is 1. The first kappa shape index (κ1) is 22.7. The molecule has 0 bridgehead atoms. The predicted molar refractivity (Wildman–Crippen MR) is 117 cm³/mol. The standard InChI is InChI=1S/C22H30N2O4S/c1-17-10-12-21(13-11-17)28-16-19(3)23-22(25)9-6-14-24(29(4,26)27)20-8-5-7-18(2)15-20/h5,7-8,10-13,15,19H,6,9,14,16H2,1-4H3,(H,23,25)/t19-/m0/s1. The van der Waals surface area contributed by atoms with Gasteiger partial charge in [-0.2, -0.15) is 0 Å². The van der Waals surface area contributed by atoms with Crippen LogP contribution in [0.2, 0.25) is 0 Å². The molecule has 2 aromatic rings. The maximum absolute atomic E-state index is 12.2. The SMILES string of the molecule is Cc1ccc(OC[C@H](C)NC(=O)CCCN(c2cccc(C)c2)S(C)(=O)=O)cc1. The maximum atomic E-state index is 12.2. The molecule has 0 aliphatic rings. The lowest BCUT2D eigenvalue weighted by molar-refractivity contribution is -0.121. The normalized spacial score (nSPS) is 12.3. The summed E-state index contributed by atoms with van der Waals surface area (Å²) in [6.45, 7) is 6.42. The second-order valence-corrected chi connectivity index (χ2v) is 9.28. The quantitative estimate of drug-likeness (QED) is 0.641. The minimum absolute atomic E-state index is 0.123. The van der Waals surface area contributed by atoms with Crippen molar-refractivity contribution >= 4 is 21.6 Å². The number of aryl methyl sites for hydroxylation is 2. The summed E-state index contributed by atoms with van der Waals surface area (Å²) in [5, 5.41) is 2.89. The molecule has 0 spiro atoms. The van der Waals surface area contributed by atoms with E-state index in [0.717, 1.165) is 16.9 Å². The fourth-order valence-electron chi connectivity index (χ4n) is 2.90. The average molecular weight is 419 g/mol. The zero-order valence-electron chi connectivity index (χ0n) is 17.5. The van der Waals surface area contributed by atoms with Gasteiger partial charge in [0.25, 0.3) is 0 Å². The highest BCUT2D eigenvalue weighted by Crippen LogP contribution is 2.19. The molecule has 1 N–H and O–H groups in total. The number of ether oxygens (including phenoxy) is 1. The summed E-state index contributed by atoms with van der Waals surface area (Å²) in [6, 6.07) is 14.9. The summed E-state index contributed by atoms with van der Waals surface area (Å²) in [7, 11) is -3.42. The van der Waals surface area contributed by atoms with Crippen molar-refractivity contribution in [1.29, 1.82) is 0 Å². The van der Waals surface area contributed by atoms with E-state index in [1.165, 1.54) is 10.6 Å². The van der Waals surface area contributed by atoms with Crippen LogP contribution in [0.4, 0.5) is 5.69 Å². The number of carbonyl (C=O) groups excluding carboxylic acids is 1. The zero-order chi connectivity index (χ0) is 21.4. The van der Waals surface area contributed by atoms with Gasteiger partial charge in [-0.25, -0.2) is 8.42 Å². The summed E-state index contributed by atoms with van der Waals surface area (Å²) >= 11 is 0. The number of hydrogen-bond donors (Lipinski definition) is 1. The van der Waals surface area contributed by atoms with Crippen molar-refractivity contribution in [2.45, 2.75) is 39.7 Å². The summed E-state index contributed by atoms with van der Waals surface area (Å²) in [5.74, 6) is 0.640. The number of benzene rings is 2. The molecule has 29 heavy (non-hydrogen) atoms. The summed E-state index contributed by atoms with van der Waals surface area (Å²) < 4.78 is 31.3. The number of sulfonamides is 1. The van der Waals surface area contributed by atoms with Crippen LogP contribution in [0.15, 0.2) is 48.5 Å². The first-order valence-corrected chi connectivity index (χ1v) is 11.5. The van der Waals surface area contributed by atoms with Crippen LogP contribution >= 0.6 is 0 Å². The van der Waals surface area contributed by atoms with Crippen LogP contribution in [0, 0.1) is 13.8 Å². The Morgan fingerprint density at radius 3 is 2.41 bits per heavy atom. The van der Waals surface area contributed by atoms with Crippen LogP contribution in [-0.4, -0.2) is 39.8 Å². The number of anilines is 1. The molecule has 1 amide bonds. The van der Waals surface area contributed by atoms with Crippen LogP contribution in [0.1, 0.15) is 30.9 Å². The molecule has 0 saturated heterocycles. The van der Waals surface area contributed by atoms with E-state index in [1.807, 2.05) is 63.2 Å². The van der Waals surface area contributed by atoms with Crippen LogP contribution in [-0.2, 0) is 14.8 Å². The molecular weight excluding hydrogens is 388 g/mol. The van der Waals surface area contributed by atoms with Crippen molar-refractivity contribution in [3.05, 3.63) is 59.7 Å². The van der Waals surface area contributed by atoms with E-state index in [4.69, 9.17) is 4.74 Å². The van der Waals surface area contributed by atoms with Crippen LogP contribution < -0.4 is 14.4 Å². The first-order valence-electron chi connectivity index (χ1n) is 9.68. The van der Waals surface area contributed by atoms with E-state index in [2.05, 4.69) is 5.32 Å². The summed E-state index contributed by atoms with van der Waals surface area (Å²) in [6.07, 6.45) is 1.85. The lowest BCUT2D eigenvalue weighted by atomic mass is 10.2. The van der Waals surface area contributed by atoms with Gasteiger partial charge in [0.2, 0.25) is 15.9 Å². The van der Waals surface area contributed by atoms with Gasteiger partial charge < -0.3 is 10.1 Å². The van der Waals surface area contributed by atoms with Crippen molar-refractivity contribution in [2.24, 2.45) is 0 Å². The molecule has 2 aromatic carbocycles. The van der Waals surface area contributed by atoms with E-state index in [0.29, 0.717) is 18.7 Å². The third-order valence-electron chi connectivity index (χ3n) is 4.38. The van der Waals surface area contributed by atoms with Crippen molar-refractivity contribution in [1.82, 2.24) is 5.32 Å². The zero-order valence-corrected chi connectivity index (χ0v) is 18.3. The molecule has 0 aliphatic carbocycles. The van der Waals surface area contributed by atoms with Gasteiger partial charge in [-0.15, -0.1) is 0 Å². The van der Waals surface area contributed by atoms with Gasteiger partial charge in [0.05, 0.1) is 18.0 Å². The molecular formula is C22H30N2O4S. The molecule has 1 atom stereocenters. The van der Waals surface area contributed by atoms with E-state index in [-0.39, 0.29) is 24.9 Å². The molecule has 0 unspecified atom stereocenters. The van der Waals surface area contributed by atoms with Crippen LogP contribution in [0.5, 0.6) is 5.75 Å². The number of carbonyl (C=O) groups is 1. The van der Waals surface area contributed by atoms with Gasteiger partial charge in [-0.05, 0) is 57.0 Å². The highest BCUT2D eigenvalue weighted by Gasteiger charge is 2.18. The Balaban J connectivity index is 1.80. The highest BCUT2D eigenvalue weighted by atomic mass is 32.2. The second kappa shape index (κ2) is 10.3. The lowest BCUT2D eigenvalue weighted by Gasteiger charge is -2.23. The number of nitrogens with one attached hydrogen (secondary N) is 1. The smallest absolute Gasteiger partial charge is 0.232 e. The van der Waals surface area contributed by atoms with Crippen molar-refractivity contribution < 1.29 is 17.9 Å². The largest absolute Gasteiger partial charge is 0.491 e. The molecule has 0 aliphatic heterocycles. The number of hydrogen-bond acceptors (Lipinski definition) is 4. The van der Waals surface area contributed by atoms with E-state index < -0.39 is 10.0 Å². The van der Waals surface area contributed by atoms with E-state index in [1.54, 1.807) is 6.07 Å². The van der Waals surface area contributed by atoms with Gasteiger partial charge in [0, 0.05) is 13.0 Å². The highest BCUT2D eigenvalue weighted by molar-refractivity contribution is 7.92. The Kier molecular flexibility index (Phi) is 8.08. The minimum atomic E-state index is -3.42. The third-order valence-corrected chi connectivity index (χ3v) is 5.58. The number of amides is 1. The van der Waals surface area contributed by atoms with Crippen molar-refractivity contribution in [3.8, 4) is 5.75 Å². The van der Waals surface area contributed by atoms with Gasteiger partial charge in [-0.1, -0.05) is 29.8 Å². The van der Waals surface area contributed by atoms with Gasteiger partial charge in [0.1, 0.15) is 12.4 Å². The Bertz CT molecular complexity index is 911. The van der Waals surface area contributed by atoms with E-state index >= 15 is 0 Å². The van der Waals surface area contributed by atoms with Gasteiger partial charge in [0.15, 0.2) is 0 Å². The average Bonchev–Trinajstić information content (AvgIpc) is 2.63. The fourth-order valence-corrected chi connectivity index (χ4v) is 3.85. The molecule has 158 valence electrons. The van der Waals surface area contributed by atoms with Crippen molar-refractivity contribution in [3.63, 3.8) is 0 Å². The molecule has 0 aromatic heterocycles. The van der Waals surface area contributed by atoms with Crippen molar-refractivity contribution in [2.75, 3.05) is 23.7 Å². The molecule has 0 heterocycles.